The monoisotopic (exact) mass is 2050 g/mol. The summed E-state index contributed by atoms with van der Waals surface area (Å²) >= 11 is 0. The van der Waals surface area contributed by atoms with E-state index in [0.29, 0.717) is 176 Å². The third-order valence-electron chi connectivity index (χ3n) is 29.0. The maximum atomic E-state index is 15.0. The number of benzene rings is 10. The van der Waals surface area contributed by atoms with Crippen molar-refractivity contribution >= 4 is 59.0 Å². The molecule has 0 bridgehead atoms. The van der Waals surface area contributed by atoms with Crippen LogP contribution in [-0.4, -0.2) is 191 Å². The van der Waals surface area contributed by atoms with E-state index in [0.717, 1.165) is 28.9 Å². The van der Waals surface area contributed by atoms with Crippen LogP contribution in [0.25, 0.3) is 30.1 Å². The number of carbonyl (C=O) groups is 5. The molecule has 34 heteroatoms. The minimum atomic E-state index is -1.06. The van der Waals surface area contributed by atoms with Gasteiger partial charge in [0.15, 0.2) is 104 Å². The third-order valence-corrected chi connectivity index (χ3v) is 29.0. The van der Waals surface area contributed by atoms with Gasteiger partial charge in [-0.05, 0) is 202 Å². The Morgan fingerprint density at radius 3 is 1.01 bits per heavy atom. The first-order valence-electron chi connectivity index (χ1n) is 48.8. The summed E-state index contributed by atoms with van der Waals surface area (Å²) in [7, 11) is 13.8. The number of hydrogen-bond donors (Lipinski definition) is 0. The molecule has 15 aliphatic heterocycles. The molecule has 11 atom stereocenters. The molecule has 0 aliphatic carbocycles. The van der Waals surface area contributed by atoms with Gasteiger partial charge >= 0.3 is 0 Å². The lowest BCUT2D eigenvalue weighted by Gasteiger charge is -2.39. The predicted molar refractivity (Wildman–Crippen MR) is 538 cm³/mol. The van der Waals surface area contributed by atoms with Gasteiger partial charge in [-0.25, -0.2) is 17.6 Å². The van der Waals surface area contributed by atoms with E-state index in [1.165, 1.54) is 60.9 Å². The van der Waals surface area contributed by atoms with E-state index in [4.69, 9.17) is 118 Å². The van der Waals surface area contributed by atoms with Crippen LogP contribution in [0.1, 0.15) is 213 Å². The zero-order chi connectivity index (χ0) is 106. The van der Waals surface area contributed by atoms with Gasteiger partial charge in [0.2, 0.25) is 6.86 Å². The lowest BCUT2D eigenvalue weighted by molar-refractivity contribution is 0.0543. The molecule has 780 valence electrons. The predicted octanol–water partition coefficient (Wildman–Crippen LogP) is 21.5. The van der Waals surface area contributed by atoms with Gasteiger partial charge in [0.05, 0.1) is 149 Å². The summed E-state index contributed by atoms with van der Waals surface area (Å²) in [6, 6.07) is 32.1. The van der Waals surface area contributed by atoms with E-state index in [1.807, 2.05) is 77.1 Å². The van der Waals surface area contributed by atoms with Crippen LogP contribution in [0.4, 0.5) is 17.6 Å². The molecule has 0 amide bonds. The van der Waals surface area contributed by atoms with Crippen molar-refractivity contribution < 1.29 is 160 Å². The molecule has 15 aliphatic rings. The summed E-state index contributed by atoms with van der Waals surface area (Å²) in [5.74, 6) is 6.85. The molecule has 15 heterocycles. The highest BCUT2D eigenvalue weighted by molar-refractivity contribution is 6.11. The Morgan fingerprint density at radius 1 is 0.313 bits per heavy atom. The van der Waals surface area contributed by atoms with Crippen LogP contribution in [0, 0.1) is 5.82 Å². The second kappa shape index (κ2) is 38.0. The first-order valence-corrected chi connectivity index (χ1v) is 48.8. The average molecular weight is 2050 g/mol. The van der Waals surface area contributed by atoms with Gasteiger partial charge in [-0.2, -0.15) is 0 Å². The Balaban J connectivity index is 0.000000109. The van der Waals surface area contributed by atoms with Crippen molar-refractivity contribution in [3.63, 3.8) is 0 Å². The second-order valence-corrected chi connectivity index (χ2v) is 40.2. The van der Waals surface area contributed by atoms with Crippen LogP contribution >= 0.6 is 0 Å². The number of halogens is 4. The second-order valence-electron chi connectivity index (χ2n) is 40.2. The Kier molecular flexibility index (Phi) is 25.3. The summed E-state index contributed by atoms with van der Waals surface area (Å²) in [6.45, 7) is 18.5. The van der Waals surface area contributed by atoms with Crippen LogP contribution in [0.5, 0.6) is 144 Å². The minimum absolute atomic E-state index is 0.0121. The Bertz CT molecular complexity index is 7470. The fraction of sp³-hybridized carbons (Fsp3) is 0.353. The van der Waals surface area contributed by atoms with Crippen molar-refractivity contribution in [2.45, 2.75) is 164 Å². The standard InChI is InChI=1S/C24H24O6.4C23H21FO6/c1-5-24(2)9-8-13-16(30-24)7-6-14-22(25)21-15-10-18(26-3)19(27-4)11-17(15)28-12-20(21)29-23(13)14;1-23(2)6-5-11-21-13(7-14(24)22(11)30-23)20(25)19-12-8-16(26-3)17(27-4)9-15(12)28-10-18(19)29-21;1-23(2)9-13(24)20-14(30-23)6-5-11-21(25)19-12-7-16(26-3)17(27-4)8-15(12)28-10-18(19)29-22(11)20;1-23(2)19(24)8-13-14(30-23)6-5-11-21(25)20-12-7-16(26-3)17(27-4)9-15(12)28-10-18(20)29-22(11)13;1-23(2)7-6-12-15(30-23)5-4-13-21(25)20-14-8-18(28-11-24)17(26-3)9-16(14)27-10-19(20)29-22(12)13/h6-11,20-21H,5,12H2,1-4H3;2*5-9,18-19H,10H2,1-4H3;5-9,18,20H,10H2,1-4H3;4-9,19-20H,10-11H2,1-3H3/t20-,21+,24?;2*18-,19+;18-,20+;19-,20+/m11111/s1/i;4*24-1. The number of Topliss-reactive ketones (excluding diaryl/α,β-unsaturated/α-hetero) is 5. The molecule has 30 nitrogen and oxygen atoms in total. The van der Waals surface area contributed by atoms with Crippen molar-refractivity contribution in [1.29, 1.82) is 0 Å². The van der Waals surface area contributed by atoms with E-state index in [1.54, 1.807) is 152 Å². The fourth-order valence-electron chi connectivity index (χ4n) is 21.3. The average Bonchev–Trinajstić information content (AvgIpc) is 0.752. The van der Waals surface area contributed by atoms with Crippen molar-refractivity contribution in [1.82, 2.24) is 0 Å². The van der Waals surface area contributed by atoms with Crippen molar-refractivity contribution in [3.8, 4) is 144 Å². The van der Waals surface area contributed by atoms with Gasteiger partial charge < -0.3 is 118 Å². The number of fused-ring (bicyclic) bond motifs is 30. The number of rotatable bonds is 12. The number of methoxy groups -OCH3 is 9. The SMILES string of the molecule is CCC1(C)C=Cc2c(ccc3c2O[C@@H]2COc4cc(OC)c(OC)cc4[C@@H]2C3=O)O1.COc1cc2c(cc1OC)[C@@H]1C(=O)c3cc([18F])c4c(c3O[C@@H]1CO2)C=CC(C)(C)O4.COc1cc2c(cc1OC)[C@@H]1C(=O)c3ccc4c(c3O[C@@H]1CO2)C([18F])=CC(C)(C)O4.COc1cc2c(cc1OC)[C@@H]1C(=O)c3ccc4c(c3O[C@@H]1CO2)C=C([18F])C(C)(C)O4.COc1cc2c(cc1OC[18F])[C@@H]1C(=O)c3ccc4c(c3O[C@@H]1CO2)C=CC(C)(C)O4. The number of alkyl halides is 1. The molecular formula is C116H108F4O30. The molecule has 0 N–H and O–H groups in total. The van der Waals surface area contributed by atoms with Gasteiger partial charge in [0, 0.05) is 58.1 Å². The van der Waals surface area contributed by atoms with Crippen LogP contribution in [0.3, 0.4) is 0 Å². The molecule has 25 rings (SSSR count). The van der Waals surface area contributed by atoms with Gasteiger partial charge in [0.25, 0.3) is 0 Å². The highest BCUT2D eigenvalue weighted by Gasteiger charge is 2.54. The highest BCUT2D eigenvalue weighted by atomic mass is 18.2. The zero-order valence-corrected chi connectivity index (χ0v) is 85.6. The molecule has 10 aromatic carbocycles. The number of ketones is 5. The Hall–Kier alpha value is -16.0. The van der Waals surface area contributed by atoms with E-state index >= 15 is 0 Å². The summed E-state index contributed by atoms with van der Waals surface area (Å²) in [4.78, 5) is 67.6. The molecule has 0 fully saturated rings. The first-order chi connectivity index (χ1) is 71.9. The summed E-state index contributed by atoms with van der Waals surface area (Å²) < 4.78 is 201. The van der Waals surface area contributed by atoms with Crippen LogP contribution < -0.4 is 118 Å². The largest absolute Gasteiger partial charge is 0.493 e. The lowest BCUT2D eigenvalue weighted by Crippen LogP contribution is -2.43. The van der Waals surface area contributed by atoms with E-state index in [2.05, 4.69) is 6.92 Å². The molecular weight excluding hydrogens is 1950 g/mol. The van der Waals surface area contributed by atoms with Crippen molar-refractivity contribution in [2.75, 3.05) is 104 Å². The lowest BCUT2D eigenvalue weighted by atomic mass is 9.81. The maximum Gasteiger partial charge on any atom is 0.228 e. The number of carbonyl (C=O) groups excluding carboxylic acids is 5. The minimum Gasteiger partial charge on any atom is -0.493 e. The maximum absolute atomic E-state index is 15.0. The van der Waals surface area contributed by atoms with Crippen molar-refractivity contribution in [3.05, 3.63) is 235 Å². The Labute approximate surface area is 860 Å². The normalized spacial score (nSPS) is 23.1. The summed E-state index contributed by atoms with van der Waals surface area (Å²) in [5.41, 5.74) is 4.61. The topological polar surface area (TPSA) is 316 Å². The zero-order valence-electron chi connectivity index (χ0n) is 85.6. The van der Waals surface area contributed by atoms with Gasteiger partial charge in [-0.15, -0.1) is 0 Å². The number of hydrogen-bond acceptors (Lipinski definition) is 30. The van der Waals surface area contributed by atoms with Crippen LogP contribution in [-0.2, 0) is 0 Å². The smallest absolute Gasteiger partial charge is 0.228 e. The molecule has 0 aromatic heterocycles. The van der Waals surface area contributed by atoms with Gasteiger partial charge in [-0.1, -0.05) is 6.92 Å². The summed E-state index contributed by atoms with van der Waals surface area (Å²) in [6.07, 6.45) is 12.5. The third kappa shape index (κ3) is 17.2. The van der Waals surface area contributed by atoms with E-state index in [9.17, 15) is 41.5 Å². The van der Waals surface area contributed by atoms with Crippen LogP contribution in [0.2, 0.25) is 0 Å². The van der Waals surface area contributed by atoms with Gasteiger partial charge in [0.1, 0.15) is 178 Å². The van der Waals surface area contributed by atoms with Crippen LogP contribution in [0.15, 0.2) is 145 Å². The molecule has 150 heavy (non-hydrogen) atoms. The molecule has 1 unspecified atom stereocenters. The highest BCUT2D eigenvalue weighted by Crippen LogP contribution is 2.60. The fourth-order valence-corrected chi connectivity index (χ4v) is 21.3. The van der Waals surface area contributed by atoms with Crippen molar-refractivity contribution in [2.24, 2.45) is 0 Å². The first kappa shape index (κ1) is 99.9. The van der Waals surface area contributed by atoms with E-state index < -0.39 is 107 Å². The number of ether oxygens (including phenoxy) is 25. The molecule has 0 radical (unpaired) electrons. The van der Waals surface area contributed by atoms with Gasteiger partial charge in [-0.3, -0.25) is 24.0 Å². The molecule has 0 spiro atoms. The summed E-state index contributed by atoms with van der Waals surface area (Å²) in [5, 5.41) is 0. The molecule has 0 saturated heterocycles. The van der Waals surface area contributed by atoms with E-state index in [-0.39, 0.29) is 95.9 Å². The molecule has 10 aromatic rings. The quantitative estimate of drug-likeness (QED) is 0.103. The molecule has 0 saturated carbocycles. The Morgan fingerprint density at radius 2 is 0.620 bits per heavy atom.